The first-order valence-corrected chi connectivity index (χ1v) is 18.7. The zero-order valence-electron chi connectivity index (χ0n) is 31.5. The van der Waals surface area contributed by atoms with E-state index in [1.54, 1.807) is 14.2 Å². The lowest BCUT2D eigenvalue weighted by Gasteiger charge is -2.25. The van der Waals surface area contributed by atoms with E-state index in [9.17, 15) is 0 Å². The molecule has 0 aliphatic rings. The lowest BCUT2D eigenvalue weighted by molar-refractivity contribution is 0.414. The highest BCUT2D eigenvalue weighted by Gasteiger charge is 2.13. The summed E-state index contributed by atoms with van der Waals surface area (Å²) in [6.45, 7) is 0. The maximum atomic E-state index is 5.39. The van der Waals surface area contributed by atoms with Gasteiger partial charge in [-0.05, 0) is 142 Å². The van der Waals surface area contributed by atoms with Gasteiger partial charge < -0.3 is 19.3 Å². The van der Waals surface area contributed by atoms with Crippen LogP contribution in [0.1, 0.15) is 22.3 Å². The van der Waals surface area contributed by atoms with Crippen molar-refractivity contribution in [3.05, 3.63) is 216 Å². The van der Waals surface area contributed by atoms with Crippen LogP contribution in [-0.2, 0) is 0 Å². The SMILES string of the molecule is COc1ccc(N(c2ccccc2)c2ccc(C=Cc3ccc4cc(C=Cc5ccc(N(c6ccccc6)c6ccc(OC)cc6)cc5)ccc4c3)cc2)cc1. The van der Waals surface area contributed by atoms with Gasteiger partial charge in [0.15, 0.2) is 0 Å². The predicted octanol–water partition coefficient (Wildman–Crippen LogP) is 14.1. The molecular formula is C52H42N2O2. The minimum Gasteiger partial charge on any atom is -0.497 e. The first kappa shape index (κ1) is 35.7. The Kier molecular flexibility index (Phi) is 10.7. The molecule has 0 N–H and O–H groups in total. The number of nitrogens with zero attached hydrogens (tertiary/aromatic N) is 2. The molecule has 0 fully saturated rings. The summed E-state index contributed by atoms with van der Waals surface area (Å²) >= 11 is 0. The zero-order chi connectivity index (χ0) is 38.1. The van der Waals surface area contributed by atoms with Crippen LogP contribution in [0.3, 0.4) is 0 Å². The van der Waals surface area contributed by atoms with E-state index < -0.39 is 0 Å². The first-order valence-electron chi connectivity index (χ1n) is 18.7. The number of anilines is 6. The highest BCUT2D eigenvalue weighted by molar-refractivity contribution is 5.89. The molecule has 4 heteroatoms. The third-order valence-corrected chi connectivity index (χ3v) is 9.82. The summed E-state index contributed by atoms with van der Waals surface area (Å²) in [4.78, 5) is 4.50. The molecule has 0 aromatic heterocycles. The van der Waals surface area contributed by atoms with Gasteiger partial charge >= 0.3 is 0 Å². The smallest absolute Gasteiger partial charge is 0.119 e. The van der Waals surface area contributed by atoms with E-state index in [0.29, 0.717) is 0 Å². The summed E-state index contributed by atoms with van der Waals surface area (Å²) < 4.78 is 10.8. The number of fused-ring (bicyclic) bond motifs is 1. The Morgan fingerprint density at radius 3 is 0.929 bits per heavy atom. The third-order valence-electron chi connectivity index (χ3n) is 9.82. The maximum Gasteiger partial charge on any atom is 0.119 e. The Balaban J connectivity index is 0.951. The van der Waals surface area contributed by atoms with E-state index in [-0.39, 0.29) is 0 Å². The maximum absolute atomic E-state index is 5.39. The van der Waals surface area contributed by atoms with Crippen molar-refractivity contribution in [1.82, 2.24) is 0 Å². The second-order valence-electron chi connectivity index (χ2n) is 13.5. The zero-order valence-corrected chi connectivity index (χ0v) is 31.5. The first-order chi connectivity index (χ1) is 27.6. The number of hydrogen-bond acceptors (Lipinski definition) is 4. The number of rotatable bonds is 12. The van der Waals surface area contributed by atoms with Crippen molar-refractivity contribution < 1.29 is 9.47 Å². The number of hydrogen-bond donors (Lipinski definition) is 0. The van der Waals surface area contributed by atoms with E-state index >= 15 is 0 Å². The van der Waals surface area contributed by atoms with Crippen LogP contribution < -0.4 is 19.3 Å². The average Bonchev–Trinajstić information content (AvgIpc) is 3.27. The Bertz CT molecular complexity index is 2380. The molecule has 0 heterocycles. The minimum atomic E-state index is 0.837. The molecule has 8 rings (SSSR count). The summed E-state index contributed by atoms with van der Waals surface area (Å²) in [5.74, 6) is 1.67. The number of ether oxygens (including phenoxy) is 2. The summed E-state index contributed by atoms with van der Waals surface area (Å²) in [6, 6.07) is 67.8. The molecule has 0 amide bonds. The lowest BCUT2D eigenvalue weighted by atomic mass is 10.0. The molecule has 8 aromatic carbocycles. The number of methoxy groups -OCH3 is 2. The quantitative estimate of drug-likeness (QED) is 0.117. The molecule has 0 spiro atoms. The Morgan fingerprint density at radius 1 is 0.304 bits per heavy atom. The lowest BCUT2D eigenvalue weighted by Crippen LogP contribution is -2.09. The normalized spacial score (nSPS) is 11.2. The third kappa shape index (κ3) is 8.25. The molecule has 0 bridgehead atoms. The summed E-state index contributed by atoms with van der Waals surface area (Å²) in [5.41, 5.74) is 11.1. The monoisotopic (exact) mass is 726 g/mol. The van der Waals surface area contributed by atoms with Crippen molar-refractivity contribution in [2.24, 2.45) is 0 Å². The van der Waals surface area contributed by atoms with Crippen LogP contribution >= 0.6 is 0 Å². The molecule has 0 saturated carbocycles. The summed E-state index contributed by atoms with van der Waals surface area (Å²) in [6.07, 6.45) is 8.70. The molecule has 0 atom stereocenters. The van der Waals surface area contributed by atoms with Crippen molar-refractivity contribution in [3.8, 4) is 11.5 Å². The standard InChI is InChI=1S/C52H42N2O2/c1-55-51-33-29-49(30-34-51)53(45-9-5-3-6-10-45)47-25-19-39(20-26-47)13-15-41-17-23-44-38-42(18-24-43(44)37-41)16-14-40-21-27-48(28-22-40)54(46-11-7-4-8-12-46)50-31-35-52(56-2)36-32-50/h3-38H,1-2H3. The van der Waals surface area contributed by atoms with Gasteiger partial charge in [0.2, 0.25) is 0 Å². The second kappa shape index (κ2) is 16.8. The van der Waals surface area contributed by atoms with Crippen molar-refractivity contribution >= 4 is 69.2 Å². The van der Waals surface area contributed by atoms with E-state index in [1.165, 1.54) is 10.8 Å². The fraction of sp³-hybridized carbons (Fsp3) is 0.0385. The van der Waals surface area contributed by atoms with Crippen molar-refractivity contribution in [1.29, 1.82) is 0 Å². The fourth-order valence-corrected chi connectivity index (χ4v) is 6.86. The summed E-state index contributed by atoms with van der Waals surface area (Å²) in [5, 5.41) is 2.42. The van der Waals surface area contributed by atoms with Gasteiger partial charge in [0.05, 0.1) is 14.2 Å². The Morgan fingerprint density at radius 2 is 0.589 bits per heavy atom. The van der Waals surface area contributed by atoms with Gasteiger partial charge in [0, 0.05) is 34.1 Å². The molecular weight excluding hydrogens is 685 g/mol. The van der Waals surface area contributed by atoms with Crippen LogP contribution in [0.2, 0.25) is 0 Å². The molecule has 8 aromatic rings. The predicted molar refractivity (Wildman–Crippen MR) is 237 cm³/mol. The molecule has 272 valence electrons. The Labute approximate surface area is 329 Å². The number of para-hydroxylation sites is 2. The van der Waals surface area contributed by atoms with Crippen LogP contribution in [0.25, 0.3) is 35.1 Å². The van der Waals surface area contributed by atoms with Gasteiger partial charge in [-0.2, -0.15) is 0 Å². The highest BCUT2D eigenvalue weighted by atomic mass is 16.5. The summed E-state index contributed by atoms with van der Waals surface area (Å²) in [7, 11) is 3.38. The second-order valence-corrected chi connectivity index (χ2v) is 13.5. The van der Waals surface area contributed by atoms with E-state index in [4.69, 9.17) is 9.47 Å². The fourth-order valence-electron chi connectivity index (χ4n) is 6.86. The van der Waals surface area contributed by atoms with Crippen LogP contribution in [0.5, 0.6) is 11.5 Å². The van der Waals surface area contributed by atoms with Crippen LogP contribution in [0, 0.1) is 0 Å². The molecule has 0 aliphatic heterocycles. The van der Waals surface area contributed by atoms with Gasteiger partial charge in [0.1, 0.15) is 11.5 Å². The Hall–Kier alpha value is -7.30. The van der Waals surface area contributed by atoms with Gasteiger partial charge in [-0.1, -0.05) is 109 Å². The van der Waals surface area contributed by atoms with Gasteiger partial charge in [-0.3, -0.25) is 0 Å². The molecule has 0 radical (unpaired) electrons. The van der Waals surface area contributed by atoms with Gasteiger partial charge in [0.25, 0.3) is 0 Å². The van der Waals surface area contributed by atoms with Crippen molar-refractivity contribution in [2.75, 3.05) is 24.0 Å². The van der Waals surface area contributed by atoms with Gasteiger partial charge in [-0.15, -0.1) is 0 Å². The van der Waals surface area contributed by atoms with E-state index in [0.717, 1.165) is 67.9 Å². The van der Waals surface area contributed by atoms with Crippen molar-refractivity contribution in [3.63, 3.8) is 0 Å². The van der Waals surface area contributed by atoms with E-state index in [1.807, 2.05) is 36.4 Å². The van der Waals surface area contributed by atoms with E-state index in [2.05, 4.69) is 192 Å². The topological polar surface area (TPSA) is 24.9 Å². The molecule has 0 saturated heterocycles. The largest absolute Gasteiger partial charge is 0.497 e. The van der Waals surface area contributed by atoms with Crippen LogP contribution in [0.4, 0.5) is 34.1 Å². The van der Waals surface area contributed by atoms with Crippen LogP contribution in [-0.4, -0.2) is 14.2 Å². The molecule has 4 nitrogen and oxygen atoms in total. The van der Waals surface area contributed by atoms with Gasteiger partial charge in [-0.25, -0.2) is 0 Å². The van der Waals surface area contributed by atoms with Crippen LogP contribution in [0.15, 0.2) is 194 Å². The average molecular weight is 727 g/mol. The number of benzene rings is 8. The molecule has 0 aliphatic carbocycles. The minimum absolute atomic E-state index is 0.837. The molecule has 56 heavy (non-hydrogen) atoms. The highest BCUT2D eigenvalue weighted by Crippen LogP contribution is 2.37. The van der Waals surface area contributed by atoms with Crippen molar-refractivity contribution in [2.45, 2.75) is 0 Å². The molecule has 0 unspecified atom stereocenters.